The SMILES string of the molecule is C=CCCC(=O)OC[C@@H](NC(=O)[C@H]1[C@@H]2O[C@@]3(CC2Br)[C@@H]1C(=O)N([C@@H](CO)C(C)C)[C@@H]3C(=O)N(CC=C)c1cc(C)ccc1C)c1ccccc1. The van der Waals surface area contributed by atoms with Crippen LogP contribution in [0.5, 0.6) is 0 Å². The van der Waals surface area contributed by atoms with Gasteiger partial charge in [0, 0.05) is 23.5 Å². The van der Waals surface area contributed by atoms with Crippen LogP contribution in [-0.2, 0) is 28.7 Å². The van der Waals surface area contributed by atoms with Crippen LogP contribution in [0.3, 0.4) is 0 Å². The van der Waals surface area contributed by atoms with Crippen LogP contribution in [-0.4, -0.2) is 82.1 Å². The fraction of sp³-hybridized carbons (Fsp3) is 0.487. The predicted molar refractivity (Wildman–Crippen MR) is 194 cm³/mol. The van der Waals surface area contributed by atoms with Crippen molar-refractivity contribution in [1.82, 2.24) is 10.2 Å². The Morgan fingerprint density at radius 2 is 1.88 bits per heavy atom. The van der Waals surface area contributed by atoms with Gasteiger partial charge in [-0.3, -0.25) is 19.2 Å². The number of allylic oxidation sites excluding steroid dienone is 1. The van der Waals surface area contributed by atoms with Gasteiger partial charge in [-0.1, -0.05) is 84.4 Å². The summed E-state index contributed by atoms with van der Waals surface area (Å²) >= 11 is 3.75. The summed E-state index contributed by atoms with van der Waals surface area (Å²) in [5.74, 6) is -3.75. The van der Waals surface area contributed by atoms with Crippen LogP contribution in [0.15, 0.2) is 73.8 Å². The van der Waals surface area contributed by atoms with Gasteiger partial charge in [-0.05, 0) is 55.4 Å². The lowest BCUT2D eigenvalue weighted by Crippen LogP contribution is -2.60. The first-order valence-electron chi connectivity index (χ1n) is 17.3. The number of esters is 1. The molecule has 3 amide bonds. The van der Waals surface area contributed by atoms with Gasteiger partial charge in [-0.2, -0.15) is 0 Å². The van der Waals surface area contributed by atoms with E-state index in [2.05, 4.69) is 34.4 Å². The molecule has 11 heteroatoms. The summed E-state index contributed by atoms with van der Waals surface area (Å²) < 4.78 is 12.3. The van der Waals surface area contributed by atoms with E-state index in [1.54, 1.807) is 17.1 Å². The van der Waals surface area contributed by atoms with Crippen molar-refractivity contribution in [3.8, 4) is 0 Å². The van der Waals surface area contributed by atoms with Gasteiger partial charge >= 0.3 is 5.97 Å². The maximum absolute atomic E-state index is 15.0. The number of rotatable bonds is 15. The minimum atomic E-state index is -1.34. The molecule has 2 N–H and O–H groups in total. The van der Waals surface area contributed by atoms with E-state index in [4.69, 9.17) is 9.47 Å². The van der Waals surface area contributed by atoms with Crippen molar-refractivity contribution in [1.29, 1.82) is 0 Å². The van der Waals surface area contributed by atoms with Crippen molar-refractivity contribution in [2.75, 3.05) is 24.7 Å². The summed E-state index contributed by atoms with van der Waals surface area (Å²) in [4.78, 5) is 59.5. The number of anilines is 1. The molecule has 1 spiro atoms. The lowest BCUT2D eigenvalue weighted by molar-refractivity contribution is -0.147. The molecule has 0 aromatic heterocycles. The molecule has 1 unspecified atom stereocenters. The summed E-state index contributed by atoms with van der Waals surface area (Å²) in [6.45, 7) is 14.9. The van der Waals surface area contributed by atoms with Crippen molar-refractivity contribution < 1.29 is 33.8 Å². The van der Waals surface area contributed by atoms with E-state index >= 15 is 4.79 Å². The minimum Gasteiger partial charge on any atom is -0.463 e. The first-order chi connectivity index (χ1) is 23.9. The molecule has 3 fully saturated rings. The molecule has 2 bridgehead atoms. The number of nitrogens with zero attached hydrogens (tertiary/aromatic N) is 2. The first kappa shape index (κ1) is 37.5. The largest absolute Gasteiger partial charge is 0.463 e. The Hall–Kier alpha value is -3.80. The van der Waals surface area contributed by atoms with Crippen LogP contribution in [0.4, 0.5) is 5.69 Å². The first-order valence-corrected chi connectivity index (χ1v) is 18.2. The van der Waals surface area contributed by atoms with Gasteiger partial charge in [0.15, 0.2) is 0 Å². The summed E-state index contributed by atoms with van der Waals surface area (Å²) in [7, 11) is 0. The van der Waals surface area contributed by atoms with Gasteiger partial charge in [0.25, 0.3) is 5.91 Å². The van der Waals surface area contributed by atoms with E-state index in [0.29, 0.717) is 18.5 Å². The summed E-state index contributed by atoms with van der Waals surface area (Å²) in [6.07, 6.45) is 3.54. The Kier molecular flexibility index (Phi) is 11.7. The van der Waals surface area contributed by atoms with Crippen LogP contribution in [0.25, 0.3) is 0 Å². The maximum Gasteiger partial charge on any atom is 0.306 e. The normalized spacial score (nSPS) is 26.3. The highest BCUT2D eigenvalue weighted by Gasteiger charge is 2.77. The summed E-state index contributed by atoms with van der Waals surface area (Å²) in [5, 5.41) is 13.7. The number of aliphatic hydroxyl groups is 1. The van der Waals surface area contributed by atoms with Gasteiger partial charge in [-0.15, -0.1) is 13.2 Å². The molecule has 0 aliphatic carbocycles. The zero-order valence-corrected chi connectivity index (χ0v) is 30.8. The number of halogens is 1. The molecule has 3 aliphatic heterocycles. The molecule has 0 radical (unpaired) electrons. The van der Waals surface area contributed by atoms with Gasteiger partial charge in [0.05, 0.1) is 36.6 Å². The van der Waals surface area contributed by atoms with Crippen LogP contribution >= 0.6 is 15.9 Å². The van der Waals surface area contributed by atoms with Gasteiger partial charge in [-0.25, -0.2) is 0 Å². The van der Waals surface area contributed by atoms with Crippen molar-refractivity contribution in [3.05, 3.63) is 90.5 Å². The number of aliphatic hydroxyl groups excluding tert-OH is 1. The number of amides is 3. The van der Waals surface area contributed by atoms with Gasteiger partial charge in [0.2, 0.25) is 11.8 Å². The molecular formula is C39H48BrN3O7. The third-order valence-corrected chi connectivity index (χ3v) is 11.1. The lowest BCUT2D eigenvalue weighted by Gasteiger charge is -2.40. The molecule has 2 aromatic rings. The van der Waals surface area contributed by atoms with E-state index in [9.17, 15) is 19.5 Å². The van der Waals surface area contributed by atoms with Gasteiger partial charge < -0.3 is 29.7 Å². The number of alkyl halides is 1. The molecule has 2 aromatic carbocycles. The second kappa shape index (κ2) is 15.6. The average molecular weight is 751 g/mol. The molecule has 10 nitrogen and oxygen atoms in total. The molecule has 3 heterocycles. The third-order valence-electron chi connectivity index (χ3n) is 10.3. The van der Waals surface area contributed by atoms with Crippen molar-refractivity contribution in [2.45, 2.75) is 81.6 Å². The minimum absolute atomic E-state index is 0.106. The Labute approximate surface area is 303 Å². The highest BCUT2D eigenvalue weighted by atomic mass is 79.9. The number of ether oxygens (including phenoxy) is 2. The molecule has 3 saturated heterocycles. The molecule has 3 aliphatic rings. The fourth-order valence-electron chi connectivity index (χ4n) is 7.86. The number of carbonyl (C=O) groups is 4. The highest BCUT2D eigenvalue weighted by molar-refractivity contribution is 9.09. The lowest BCUT2D eigenvalue weighted by atomic mass is 9.70. The Morgan fingerprint density at radius 3 is 2.52 bits per heavy atom. The van der Waals surface area contributed by atoms with E-state index in [-0.39, 0.29) is 42.8 Å². The topological polar surface area (TPSA) is 125 Å². The Bertz CT molecular complexity index is 1620. The van der Waals surface area contributed by atoms with Crippen LogP contribution in [0.1, 0.15) is 55.8 Å². The van der Waals surface area contributed by atoms with Gasteiger partial charge in [0.1, 0.15) is 18.2 Å². The third kappa shape index (κ3) is 6.92. The molecular weight excluding hydrogens is 702 g/mol. The zero-order valence-electron chi connectivity index (χ0n) is 29.2. The quantitative estimate of drug-likeness (QED) is 0.150. The molecule has 8 atom stereocenters. The average Bonchev–Trinajstić information content (AvgIpc) is 3.69. The van der Waals surface area contributed by atoms with E-state index in [1.165, 1.54) is 4.90 Å². The number of carbonyl (C=O) groups excluding carboxylic acids is 4. The summed E-state index contributed by atoms with van der Waals surface area (Å²) in [5.41, 5.74) is 1.93. The van der Waals surface area contributed by atoms with E-state index in [1.807, 2.05) is 76.2 Å². The number of aryl methyl sites for hydroxylation is 2. The number of benzene rings is 2. The second-order valence-electron chi connectivity index (χ2n) is 13.9. The molecule has 50 heavy (non-hydrogen) atoms. The van der Waals surface area contributed by atoms with Crippen LogP contribution in [0.2, 0.25) is 0 Å². The Morgan fingerprint density at radius 1 is 1.16 bits per heavy atom. The number of likely N-dealkylation sites (tertiary alicyclic amines) is 1. The van der Waals surface area contributed by atoms with Crippen LogP contribution < -0.4 is 10.2 Å². The number of nitrogens with one attached hydrogen (secondary N) is 1. The molecule has 268 valence electrons. The zero-order chi connectivity index (χ0) is 36.3. The monoisotopic (exact) mass is 749 g/mol. The number of hydrogen-bond acceptors (Lipinski definition) is 7. The summed E-state index contributed by atoms with van der Waals surface area (Å²) in [6, 6.07) is 12.5. The maximum atomic E-state index is 15.0. The van der Waals surface area contributed by atoms with Crippen molar-refractivity contribution in [3.63, 3.8) is 0 Å². The van der Waals surface area contributed by atoms with Crippen molar-refractivity contribution in [2.24, 2.45) is 17.8 Å². The van der Waals surface area contributed by atoms with E-state index < -0.39 is 59.5 Å². The predicted octanol–water partition coefficient (Wildman–Crippen LogP) is 4.95. The fourth-order valence-corrected chi connectivity index (χ4v) is 8.80. The highest BCUT2D eigenvalue weighted by Crippen LogP contribution is 2.61. The second-order valence-corrected chi connectivity index (χ2v) is 15.1. The van der Waals surface area contributed by atoms with Crippen molar-refractivity contribution >= 4 is 45.3 Å². The smallest absolute Gasteiger partial charge is 0.306 e. The van der Waals surface area contributed by atoms with Crippen LogP contribution in [0, 0.1) is 31.6 Å². The number of fused-ring (bicyclic) bond motifs is 1. The standard InChI is InChI=1S/C39H48BrN3O7/c1-7-9-15-31(45)49-22-28(26-13-11-10-12-14-26)41-36(46)32-33-37(47)43(30(21-44)23(3)4)35(39(33)20-27(40)34(32)50-39)38(48)42(18-8-2)29-19-24(5)16-17-25(29)6/h7-8,10-14,16-17,19,23,27-28,30,32-35,44H,1-2,9,15,18,20-22H2,3-6H3,(H,41,46)/t27?,28-,30+,32-,33+,34-,35-,39+/m1/s1. The van der Waals surface area contributed by atoms with E-state index in [0.717, 1.165) is 16.7 Å². The molecule has 0 saturated carbocycles. The number of hydrogen-bond donors (Lipinski definition) is 2. The Balaban J connectivity index is 1.54. The molecule has 5 rings (SSSR count).